The summed E-state index contributed by atoms with van der Waals surface area (Å²) in [7, 11) is 2.16. The number of fused-ring (bicyclic) bond motifs is 1. The molecule has 1 aliphatic carbocycles. The minimum absolute atomic E-state index is 0.181. The molecule has 0 unspecified atom stereocenters. The molecule has 1 aliphatic heterocycles. The summed E-state index contributed by atoms with van der Waals surface area (Å²) in [6.45, 7) is 5.28. The second-order valence-electron chi connectivity index (χ2n) is 9.10. The van der Waals surface area contributed by atoms with Crippen molar-refractivity contribution >= 4 is 5.91 Å². The molecular formula is C26H35N3O. The van der Waals surface area contributed by atoms with E-state index in [0.717, 1.165) is 45.4 Å². The zero-order valence-electron chi connectivity index (χ0n) is 18.2. The summed E-state index contributed by atoms with van der Waals surface area (Å²) in [6, 6.07) is 19.5. The summed E-state index contributed by atoms with van der Waals surface area (Å²) in [6.07, 6.45) is 5.17. The van der Waals surface area contributed by atoms with Crippen LogP contribution in [0.5, 0.6) is 0 Å². The Morgan fingerprint density at radius 3 is 2.77 bits per heavy atom. The van der Waals surface area contributed by atoms with Gasteiger partial charge in [0, 0.05) is 32.6 Å². The molecule has 0 saturated carbocycles. The second-order valence-corrected chi connectivity index (χ2v) is 9.10. The number of carbonyl (C=O) groups is 1. The van der Waals surface area contributed by atoms with E-state index in [9.17, 15) is 4.79 Å². The molecule has 30 heavy (non-hydrogen) atoms. The predicted octanol–water partition coefficient (Wildman–Crippen LogP) is 4.02. The summed E-state index contributed by atoms with van der Waals surface area (Å²) < 4.78 is 0. The molecule has 2 aromatic carbocycles. The maximum absolute atomic E-state index is 12.6. The molecule has 4 nitrogen and oxygen atoms in total. The highest BCUT2D eigenvalue weighted by Gasteiger charge is 2.24. The fourth-order valence-corrected chi connectivity index (χ4v) is 5.04. The van der Waals surface area contributed by atoms with Crippen LogP contribution in [0.2, 0.25) is 0 Å². The first-order valence-electron chi connectivity index (χ1n) is 11.5. The van der Waals surface area contributed by atoms with Gasteiger partial charge in [0.15, 0.2) is 0 Å². The molecule has 2 aromatic rings. The summed E-state index contributed by atoms with van der Waals surface area (Å²) in [5.41, 5.74) is 4.11. The maximum Gasteiger partial charge on any atom is 0.221 e. The van der Waals surface area contributed by atoms with Gasteiger partial charge in [-0.25, -0.2) is 0 Å². The molecule has 1 fully saturated rings. The van der Waals surface area contributed by atoms with E-state index in [1.54, 1.807) is 0 Å². The highest BCUT2D eigenvalue weighted by Crippen LogP contribution is 2.29. The van der Waals surface area contributed by atoms with Crippen LogP contribution in [-0.2, 0) is 17.8 Å². The van der Waals surface area contributed by atoms with Gasteiger partial charge in [-0.2, -0.15) is 0 Å². The van der Waals surface area contributed by atoms with Crippen molar-refractivity contribution < 1.29 is 4.79 Å². The van der Waals surface area contributed by atoms with Crippen molar-refractivity contribution in [3.8, 4) is 0 Å². The number of carbonyl (C=O) groups excluding carboxylic acids is 1. The Morgan fingerprint density at radius 2 is 1.90 bits per heavy atom. The van der Waals surface area contributed by atoms with Crippen LogP contribution in [0.4, 0.5) is 0 Å². The lowest BCUT2D eigenvalue weighted by molar-refractivity contribution is -0.122. The van der Waals surface area contributed by atoms with E-state index >= 15 is 0 Å². The molecule has 1 amide bonds. The molecule has 4 heteroatoms. The van der Waals surface area contributed by atoms with Crippen LogP contribution in [0.25, 0.3) is 0 Å². The Kier molecular flexibility index (Phi) is 7.19. The third-order valence-electron chi connectivity index (χ3n) is 6.61. The lowest BCUT2D eigenvalue weighted by Crippen LogP contribution is -2.35. The van der Waals surface area contributed by atoms with Gasteiger partial charge >= 0.3 is 0 Å². The molecule has 1 N–H and O–H groups in total. The zero-order chi connectivity index (χ0) is 20.8. The van der Waals surface area contributed by atoms with Crippen molar-refractivity contribution in [3.05, 3.63) is 71.3 Å². The van der Waals surface area contributed by atoms with Gasteiger partial charge < -0.3 is 10.2 Å². The third kappa shape index (κ3) is 5.71. The zero-order valence-corrected chi connectivity index (χ0v) is 18.2. The molecule has 0 bridgehead atoms. The average Bonchev–Trinajstić information content (AvgIpc) is 3.20. The van der Waals surface area contributed by atoms with Crippen molar-refractivity contribution in [1.29, 1.82) is 0 Å². The number of hydrogen-bond acceptors (Lipinski definition) is 3. The van der Waals surface area contributed by atoms with E-state index in [-0.39, 0.29) is 11.9 Å². The highest BCUT2D eigenvalue weighted by atomic mass is 16.1. The van der Waals surface area contributed by atoms with E-state index in [1.165, 1.54) is 29.7 Å². The Labute approximate surface area is 181 Å². The van der Waals surface area contributed by atoms with Crippen LogP contribution in [0, 0.1) is 5.92 Å². The molecule has 0 radical (unpaired) electrons. The number of amides is 1. The number of likely N-dealkylation sites (tertiary alicyclic amines) is 1. The SMILES string of the molecule is CN(CCC(=O)N[C@H]1CCCc2ccccc21)C[C@H]1CCN(Cc2ccccc2)C1. The van der Waals surface area contributed by atoms with Crippen molar-refractivity contribution in [2.24, 2.45) is 5.92 Å². The van der Waals surface area contributed by atoms with Crippen molar-refractivity contribution in [3.63, 3.8) is 0 Å². The van der Waals surface area contributed by atoms with E-state index in [2.05, 4.69) is 76.8 Å². The number of rotatable bonds is 8. The number of aryl methyl sites for hydroxylation is 1. The minimum Gasteiger partial charge on any atom is -0.349 e. The molecule has 160 valence electrons. The van der Waals surface area contributed by atoms with Crippen LogP contribution in [0.15, 0.2) is 54.6 Å². The number of hydrogen-bond donors (Lipinski definition) is 1. The Bertz CT molecular complexity index is 822. The summed E-state index contributed by atoms with van der Waals surface area (Å²) in [5, 5.41) is 3.28. The molecular weight excluding hydrogens is 370 g/mol. The van der Waals surface area contributed by atoms with Gasteiger partial charge in [0.2, 0.25) is 5.91 Å². The summed E-state index contributed by atoms with van der Waals surface area (Å²) >= 11 is 0. The number of nitrogens with one attached hydrogen (secondary N) is 1. The first-order valence-corrected chi connectivity index (χ1v) is 11.5. The maximum atomic E-state index is 12.6. The van der Waals surface area contributed by atoms with Crippen LogP contribution in [0.3, 0.4) is 0 Å². The van der Waals surface area contributed by atoms with Gasteiger partial charge in [-0.1, -0.05) is 54.6 Å². The lowest BCUT2D eigenvalue weighted by Gasteiger charge is -2.27. The molecule has 0 spiro atoms. The first-order chi connectivity index (χ1) is 14.7. The Morgan fingerprint density at radius 1 is 1.10 bits per heavy atom. The summed E-state index contributed by atoms with van der Waals surface area (Å²) in [4.78, 5) is 17.5. The quantitative estimate of drug-likeness (QED) is 0.720. The van der Waals surface area contributed by atoms with E-state index in [1.807, 2.05) is 0 Å². The Balaban J connectivity index is 1.17. The highest BCUT2D eigenvalue weighted by molar-refractivity contribution is 5.76. The van der Waals surface area contributed by atoms with Crippen LogP contribution in [0.1, 0.15) is 48.4 Å². The third-order valence-corrected chi connectivity index (χ3v) is 6.61. The van der Waals surface area contributed by atoms with E-state index in [4.69, 9.17) is 0 Å². The first kappa shape index (κ1) is 21.1. The standard InChI is InChI=1S/C26H35N3O/c1-28(18-22-14-17-29(20-22)19-21-8-3-2-4-9-21)16-15-26(30)27-25-13-7-11-23-10-5-6-12-24(23)25/h2-6,8-10,12,22,25H,7,11,13-20H2,1H3,(H,27,30)/t22-,25+/m1/s1. The van der Waals surface area contributed by atoms with Crippen LogP contribution >= 0.6 is 0 Å². The van der Waals surface area contributed by atoms with Gasteiger partial charge in [0.25, 0.3) is 0 Å². The van der Waals surface area contributed by atoms with Gasteiger partial charge in [0.1, 0.15) is 0 Å². The van der Waals surface area contributed by atoms with E-state index < -0.39 is 0 Å². The van der Waals surface area contributed by atoms with Crippen molar-refractivity contribution in [1.82, 2.24) is 15.1 Å². The van der Waals surface area contributed by atoms with Gasteiger partial charge in [0.05, 0.1) is 6.04 Å². The van der Waals surface area contributed by atoms with Crippen LogP contribution in [-0.4, -0.2) is 48.9 Å². The largest absolute Gasteiger partial charge is 0.349 e. The fourth-order valence-electron chi connectivity index (χ4n) is 5.04. The van der Waals surface area contributed by atoms with Gasteiger partial charge in [-0.15, -0.1) is 0 Å². The smallest absolute Gasteiger partial charge is 0.221 e. The molecule has 2 aliphatic rings. The molecule has 0 aromatic heterocycles. The average molecular weight is 406 g/mol. The fraction of sp³-hybridized carbons (Fsp3) is 0.500. The normalized spacial score (nSPS) is 21.5. The molecule has 4 rings (SSSR count). The number of benzene rings is 2. The van der Waals surface area contributed by atoms with Gasteiger partial charge in [-0.3, -0.25) is 9.69 Å². The predicted molar refractivity (Wildman–Crippen MR) is 122 cm³/mol. The monoisotopic (exact) mass is 405 g/mol. The van der Waals surface area contributed by atoms with Crippen LogP contribution < -0.4 is 5.32 Å². The van der Waals surface area contributed by atoms with Gasteiger partial charge in [-0.05, 0) is 61.9 Å². The second kappa shape index (κ2) is 10.2. The van der Waals surface area contributed by atoms with Crippen molar-refractivity contribution in [2.45, 2.75) is 44.7 Å². The molecule has 1 saturated heterocycles. The molecule has 2 atom stereocenters. The molecule has 1 heterocycles. The minimum atomic E-state index is 0.181. The number of nitrogens with zero attached hydrogens (tertiary/aromatic N) is 2. The summed E-state index contributed by atoms with van der Waals surface area (Å²) in [5.74, 6) is 0.882. The van der Waals surface area contributed by atoms with E-state index in [0.29, 0.717) is 12.3 Å². The Hall–Kier alpha value is -2.17. The van der Waals surface area contributed by atoms with Crippen molar-refractivity contribution in [2.75, 3.05) is 33.2 Å². The topological polar surface area (TPSA) is 35.6 Å². The lowest BCUT2D eigenvalue weighted by atomic mass is 9.87.